The van der Waals surface area contributed by atoms with Gasteiger partial charge < -0.3 is 4.90 Å². The van der Waals surface area contributed by atoms with Crippen molar-refractivity contribution < 1.29 is 9.18 Å². The summed E-state index contributed by atoms with van der Waals surface area (Å²) in [6.07, 6.45) is 1.59. The van der Waals surface area contributed by atoms with Gasteiger partial charge in [-0.25, -0.2) is 9.07 Å². The van der Waals surface area contributed by atoms with Crippen LogP contribution in [0.5, 0.6) is 0 Å². The molecule has 0 fully saturated rings. The number of hydrogen-bond acceptors (Lipinski definition) is 4. The minimum absolute atomic E-state index is 0.178. The molecule has 0 atom stereocenters. The van der Waals surface area contributed by atoms with E-state index in [2.05, 4.69) is 11.7 Å². The van der Waals surface area contributed by atoms with E-state index >= 15 is 0 Å². The largest absolute Gasteiger partial charge is 0.328 e. The summed E-state index contributed by atoms with van der Waals surface area (Å²) in [7, 11) is 0. The third-order valence-corrected chi connectivity index (χ3v) is 4.82. The Morgan fingerprint density at radius 1 is 1.33 bits per heavy atom. The van der Waals surface area contributed by atoms with E-state index in [9.17, 15) is 14.0 Å². The summed E-state index contributed by atoms with van der Waals surface area (Å²) < 4.78 is 15.5. The number of hydrogen-bond donors (Lipinski definition) is 0. The Morgan fingerprint density at radius 2 is 2.11 bits per heavy atom. The third kappa shape index (κ3) is 4.03. The van der Waals surface area contributed by atoms with Gasteiger partial charge in [-0.15, -0.1) is 17.9 Å². The highest BCUT2D eigenvalue weighted by molar-refractivity contribution is 7.09. The van der Waals surface area contributed by atoms with Crippen molar-refractivity contribution >= 4 is 17.2 Å². The maximum atomic E-state index is 14.2. The minimum Gasteiger partial charge on any atom is -0.328 e. The number of nitrogens with zero attached hydrogens (tertiary/aromatic N) is 3. The van der Waals surface area contributed by atoms with Crippen LogP contribution < -0.4 is 5.43 Å². The molecule has 138 valence electrons. The van der Waals surface area contributed by atoms with Gasteiger partial charge in [0, 0.05) is 23.2 Å². The summed E-state index contributed by atoms with van der Waals surface area (Å²) in [4.78, 5) is 27.9. The standard InChI is InChI=1S/C20H18FN3O2S/c1-3-10-23(13-15-7-6-11-27-15)20(26)19-18(25)12-14(2)24(22-19)17-9-5-4-8-16(17)21/h3-9,11-12H,1,10,13H2,2H3. The fraction of sp³-hybridized carbons (Fsp3) is 0.150. The Bertz CT molecular complexity index is 1030. The van der Waals surface area contributed by atoms with Crippen molar-refractivity contribution in [3.05, 3.63) is 92.8 Å². The van der Waals surface area contributed by atoms with E-state index in [1.165, 1.54) is 33.1 Å². The molecule has 0 bridgehead atoms. The predicted molar refractivity (Wildman–Crippen MR) is 104 cm³/mol. The monoisotopic (exact) mass is 383 g/mol. The van der Waals surface area contributed by atoms with Crippen LogP contribution >= 0.6 is 11.3 Å². The highest BCUT2D eigenvalue weighted by Crippen LogP contribution is 2.15. The van der Waals surface area contributed by atoms with Crippen molar-refractivity contribution in [2.75, 3.05) is 6.54 Å². The fourth-order valence-electron chi connectivity index (χ4n) is 2.68. The maximum absolute atomic E-state index is 14.2. The molecule has 2 aromatic heterocycles. The highest BCUT2D eigenvalue weighted by atomic mass is 32.1. The van der Waals surface area contributed by atoms with Crippen molar-refractivity contribution in [1.82, 2.24) is 14.7 Å². The third-order valence-electron chi connectivity index (χ3n) is 3.95. The Labute approximate surface area is 160 Å². The molecule has 1 amide bonds. The van der Waals surface area contributed by atoms with E-state index in [1.54, 1.807) is 31.2 Å². The number of thiophene rings is 1. The van der Waals surface area contributed by atoms with Crippen molar-refractivity contribution in [2.24, 2.45) is 0 Å². The Kier molecular flexibility index (Phi) is 5.61. The van der Waals surface area contributed by atoms with Crippen LogP contribution in [0.3, 0.4) is 0 Å². The molecule has 3 aromatic rings. The molecule has 3 rings (SSSR count). The van der Waals surface area contributed by atoms with E-state index in [1.807, 2.05) is 17.5 Å². The normalized spacial score (nSPS) is 10.6. The van der Waals surface area contributed by atoms with E-state index < -0.39 is 17.2 Å². The number of benzene rings is 1. The average Bonchev–Trinajstić information content (AvgIpc) is 3.15. The molecule has 2 heterocycles. The lowest BCUT2D eigenvalue weighted by Gasteiger charge is -2.20. The Balaban J connectivity index is 2.03. The highest BCUT2D eigenvalue weighted by Gasteiger charge is 2.22. The number of aromatic nitrogens is 2. The first kappa shape index (κ1) is 18.7. The zero-order valence-electron chi connectivity index (χ0n) is 14.8. The average molecular weight is 383 g/mol. The van der Waals surface area contributed by atoms with Gasteiger partial charge in [-0.1, -0.05) is 24.3 Å². The molecule has 5 nitrogen and oxygen atoms in total. The molecule has 0 aliphatic rings. The van der Waals surface area contributed by atoms with E-state index in [0.29, 0.717) is 12.2 Å². The summed E-state index contributed by atoms with van der Waals surface area (Å²) in [5.41, 5.74) is -0.125. The molecule has 0 N–H and O–H groups in total. The number of carbonyl (C=O) groups is 1. The first-order valence-electron chi connectivity index (χ1n) is 8.29. The van der Waals surface area contributed by atoms with E-state index in [4.69, 9.17) is 0 Å². The lowest BCUT2D eigenvalue weighted by Crippen LogP contribution is -2.36. The van der Waals surface area contributed by atoms with Crippen molar-refractivity contribution in [1.29, 1.82) is 0 Å². The summed E-state index contributed by atoms with van der Waals surface area (Å²) in [5.74, 6) is -1.00. The second-order valence-corrected chi connectivity index (χ2v) is 6.95. The first-order chi connectivity index (χ1) is 13.0. The SMILES string of the molecule is C=CCN(Cc1cccs1)C(=O)c1nn(-c2ccccc2F)c(C)cc1=O. The van der Waals surface area contributed by atoms with Gasteiger partial charge in [0.2, 0.25) is 5.43 Å². The van der Waals surface area contributed by atoms with Gasteiger partial charge in [0.15, 0.2) is 5.69 Å². The van der Waals surface area contributed by atoms with Gasteiger partial charge in [0.1, 0.15) is 11.5 Å². The van der Waals surface area contributed by atoms with Crippen LogP contribution in [0.1, 0.15) is 21.1 Å². The van der Waals surface area contributed by atoms with E-state index in [0.717, 1.165) is 4.88 Å². The molecule has 1 aromatic carbocycles. The predicted octanol–water partition coefficient (Wildman–Crippen LogP) is 3.57. The van der Waals surface area contributed by atoms with Gasteiger partial charge >= 0.3 is 0 Å². The molecule has 27 heavy (non-hydrogen) atoms. The van der Waals surface area contributed by atoms with Crippen LogP contribution in [0.15, 0.2) is 65.3 Å². The smallest absolute Gasteiger partial charge is 0.279 e. The van der Waals surface area contributed by atoms with Crippen molar-refractivity contribution in [2.45, 2.75) is 13.5 Å². The zero-order chi connectivity index (χ0) is 19.4. The number of amides is 1. The second kappa shape index (κ2) is 8.09. The molecule has 0 radical (unpaired) electrons. The van der Waals surface area contributed by atoms with Crippen molar-refractivity contribution in [3.63, 3.8) is 0 Å². The molecule has 0 aliphatic heterocycles. The zero-order valence-corrected chi connectivity index (χ0v) is 15.6. The molecular formula is C20H18FN3O2S. The lowest BCUT2D eigenvalue weighted by molar-refractivity contribution is 0.0755. The molecular weight excluding hydrogens is 365 g/mol. The second-order valence-electron chi connectivity index (χ2n) is 5.92. The quantitative estimate of drug-likeness (QED) is 0.612. The topological polar surface area (TPSA) is 55.2 Å². The van der Waals surface area contributed by atoms with Gasteiger partial charge in [0.25, 0.3) is 5.91 Å². The molecule has 7 heteroatoms. The Hall–Kier alpha value is -3.06. The summed E-state index contributed by atoms with van der Waals surface area (Å²) >= 11 is 1.52. The number of para-hydroxylation sites is 1. The fourth-order valence-corrected chi connectivity index (χ4v) is 3.40. The van der Waals surface area contributed by atoms with Gasteiger partial charge in [-0.05, 0) is 30.5 Å². The van der Waals surface area contributed by atoms with Crippen LogP contribution in [0.2, 0.25) is 0 Å². The summed E-state index contributed by atoms with van der Waals surface area (Å²) in [6.45, 7) is 5.93. The van der Waals surface area contributed by atoms with Crippen LogP contribution in [-0.2, 0) is 6.54 Å². The summed E-state index contributed by atoms with van der Waals surface area (Å²) in [5, 5.41) is 6.10. The molecule has 0 saturated carbocycles. The minimum atomic E-state index is -0.515. The number of carbonyl (C=O) groups excluding carboxylic acids is 1. The van der Waals surface area contributed by atoms with Crippen LogP contribution in [0.25, 0.3) is 5.69 Å². The van der Waals surface area contributed by atoms with Crippen molar-refractivity contribution in [3.8, 4) is 5.69 Å². The summed E-state index contributed by atoms with van der Waals surface area (Å²) in [6, 6.07) is 11.2. The van der Waals surface area contributed by atoms with Crippen LogP contribution in [0, 0.1) is 12.7 Å². The Morgan fingerprint density at radius 3 is 2.78 bits per heavy atom. The van der Waals surface area contributed by atoms with Gasteiger partial charge in [0.05, 0.1) is 6.54 Å². The maximum Gasteiger partial charge on any atom is 0.279 e. The van der Waals surface area contributed by atoms with E-state index in [-0.39, 0.29) is 17.9 Å². The molecule has 0 aliphatic carbocycles. The number of halogens is 1. The lowest BCUT2D eigenvalue weighted by atomic mass is 10.2. The number of rotatable bonds is 6. The molecule has 0 unspecified atom stereocenters. The van der Waals surface area contributed by atoms with Crippen LogP contribution in [0.4, 0.5) is 4.39 Å². The molecule has 0 spiro atoms. The molecule has 0 saturated heterocycles. The van der Waals surface area contributed by atoms with Gasteiger partial charge in [-0.2, -0.15) is 5.10 Å². The van der Waals surface area contributed by atoms with Crippen LogP contribution in [-0.4, -0.2) is 27.1 Å². The van der Waals surface area contributed by atoms with Gasteiger partial charge in [-0.3, -0.25) is 9.59 Å². The first-order valence-corrected chi connectivity index (χ1v) is 9.17. The number of aryl methyl sites for hydroxylation is 1.